The number of thiocarbonyl (C=S) groups is 1. The van der Waals surface area contributed by atoms with Gasteiger partial charge in [-0.15, -0.1) is 0 Å². The van der Waals surface area contributed by atoms with E-state index in [1.54, 1.807) is 10.9 Å². The summed E-state index contributed by atoms with van der Waals surface area (Å²) < 4.78 is 1.75. The van der Waals surface area contributed by atoms with Crippen molar-refractivity contribution in [2.75, 3.05) is 0 Å². The third-order valence-corrected chi connectivity index (χ3v) is 1.74. The molecule has 0 radical (unpaired) electrons. The summed E-state index contributed by atoms with van der Waals surface area (Å²) in [5.74, 6) is 0. The first-order chi connectivity index (χ1) is 6.63. The van der Waals surface area contributed by atoms with Crippen LogP contribution in [0.15, 0.2) is 11.3 Å². The lowest BCUT2D eigenvalue weighted by atomic mass is 10.2. The van der Waals surface area contributed by atoms with E-state index >= 15 is 0 Å². The van der Waals surface area contributed by atoms with Crippen LogP contribution in [0.1, 0.15) is 18.2 Å². The minimum absolute atomic E-state index is 0.156. The maximum absolute atomic E-state index is 5.22. The standard InChI is InChI=1S/C8H13N5S/c1-3-7-6(5-13(2)12-7)4-10-11-8(9)14/h4-5H,3H2,1-2H3,(H3,9,11,14)/b10-4+. The molecule has 0 unspecified atom stereocenters. The van der Waals surface area contributed by atoms with E-state index in [-0.39, 0.29) is 5.11 Å². The van der Waals surface area contributed by atoms with Gasteiger partial charge in [0.05, 0.1) is 11.9 Å². The van der Waals surface area contributed by atoms with Gasteiger partial charge >= 0.3 is 0 Å². The molecule has 6 heteroatoms. The van der Waals surface area contributed by atoms with Gasteiger partial charge in [0.25, 0.3) is 0 Å². The Morgan fingerprint density at radius 1 is 1.86 bits per heavy atom. The summed E-state index contributed by atoms with van der Waals surface area (Å²) >= 11 is 4.61. The second kappa shape index (κ2) is 4.71. The van der Waals surface area contributed by atoms with Crippen molar-refractivity contribution in [1.29, 1.82) is 0 Å². The Morgan fingerprint density at radius 3 is 3.14 bits per heavy atom. The van der Waals surface area contributed by atoms with Crippen molar-refractivity contribution in [1.82, 2.24) is 15.2 Å². The van der Waals surface area contributed by atoms with Crippen LogP contribution in [0.5, 0.6) is 0 Å². The number of rotatable bonds is 3. The highest BCUT2D eigenvalue weighted by molar-refractivity contribution is 7.80. The number of hydrazone groups is 1. The van der Waals surface area contributed by atoms with Crippen LogP contribution in [-0.4, -0.2) is 21.1 Å². The fraction of sp³-hybridized carbons (Fsp3) is 0.375. The maximum atomic E-state index is 5.22. The Hall–Kier alpha value is -1.43. The summed E-state index contributed by atoms with van der Waals surface area (Å²) in [4.78, 5) is 0. The number of aromatic nitrogens is 2. The Balaban J connectivity index is 2.74. The van der Waals surface area contributed by atoms with E-state index in [0.29, 0.717) is 0 Å². The molecule has 0 aliphatic rings. The lowest BCUT2D eigenvalue weighted by Gasteiger charge is -1.93. The van der Waals surface area contributed by atoms with Gasteiger partial charge in [-0.1, -0.05) is 6.92 Å². The van der Waals surface area contributed by atoms with E-state index < -0.39 is 0 Å². The Bertz CT molecular complexity index is 355. The number of hydrogen-bond donors (Lipinski definition) is 2. The van der Waals surface area contributed by atoms with Crippen LogP contribution in [0.4, 0.5) is 0 Å². The fourth-order valence-corrected chi connectivity index (χ4v) is 1.15. The first-order valence-electron chi connectivity index (χ1n) is 4.24. The molecule has 3 N–H and O–H groups in total. The molecule has 0 amide bonds. The molecule has 0 spiro atoms. The molecule has 14 heavy (non-hydrogen) atoms. The quantitative estimate of drug-likeness (QED) is 0.424. The van der Waals surface area contributed by atoms with Crippen LogP contribution < -0.4 is 11.2 Å². The van der Waals surface area contributed by atoms with Gasteiger partial charge in [-0.3, -0.25) is 10.1 Å². The topological polar surface area (TPSA) is 68.2 Å². The molecule has 0 aliphatic heterocycles. The van der Waals surface area contributed by atoms with E-state index in [1.165, 1.54) is 0 Å². The Labute approximate surface area is 88.0 Å². The summed E-state index contributed by atoms with van der Waals surface area (Å²) in [5.41, 5.74) is 9.69. The predicted octanol–water partition coefficient (Wildman–Crippen LogP) is 0.150. The van der Waals surface area contributed by atoms with Gasteiger partial charge in [0.15, 0.2) is 5.11 Å². The van der Waals surface area contributed by atoms with E-state index in [4.69, 9.17) is 5.73 Å². The molecule has 1 rings (SSSR count). The molecule has 0 aromatic carbocycles. The van der Waals surface area contributed by atoms with Crippen molar-refractivity contribution >= 4 is 23.5 Å². The summed E-state index contributed by atoms with van der Waals surface area (Å²) in [7, 11) is 1.87. The number of nitrogens with one attached hydrogen (secondary N) is 1. The summed E-state index contributed by atoms with van der Waals surface area (Å²) in [6.45, 7) is 2.04. The SMILES string of the molecule is CCc1nn(C)cc1/C=N/NC(N)=S. The van der Waals surface area contributed by atoms with E-state index in [1.807, 2.05) is 20.2 Å². The van der Waals surface area contributed by atoms with Crippen LogP contribution in [-0.2, 0) is 13.5 Å². The van der Waals surface area contributed by atoms with E-state index in [2.05, 4.69) is 27.8 Å². The van der Waals surface area contributed by atoms with Gasteiger partial charge in [-0.2, -0.15) is 10.2 Å². The molecule has 0 saturated heterocycles. The minimum Gasteiger partial charge on any atom is -0.375 e. The molecule has 1 aromatic heterocycles. The minimum atomic E-state index is 0.156. The van der Waals surface area contributed by atoms with Crippen molar-refractivity contribution < 1.29 is 0 Å². The van der Waals surface area contributed by atoms with E-state index in [9.17, 15) is 0 Å². The third-order valence-electron chi connectivity index (χ3n) is 1.65. The highest BCUT2D eigenvalue weighted by Gasteiger charge is 2.02. The van der Waals surface area contributed by atoms with Crippen LogP contribution in [0.25, 0.3) is 0 Å². The lowest BCUT2D eigenvalue weighted by molar-refractivity contribution is 0.746. The summed E-state index contributed by atoms with van der Waals surface area (Å²) in [6, 6.07) is 0. The van der Waals surface area contributed by atoms with Crippen molar-refractivity contribution in [2.24, 2.45) is 17.9 Å². The van der Waals surface area contributed by atoms with Gasteiger partial charge in [0.2, 0.25) is 0 Å². The van der Waals surface area contributed by atoms with Gasteiger partial charge < -0.3 is 5.73 Å². The first-order valence-corrected chi connectivity index (χ1v) is 4.65. The average molecular weight is 211 g/mol. The molecular formula is C8H13N5S. The van der Waals surface area contributed by atoms with Crippen LogP contribution in [0.2, 0.25) is 0 Å². The highest BCUT2D eigenvalue weighted by atomic mass is 32.1. The van der Waals surface area contributed by atoms with Gasteiger partial charge in [0, 0.05) is 18.8 Å². The number of aryl methyl sites for hydroxylation is 2. The van der Waals surface area contributed by atoms with Gasteiger partial charge in [-0.25, -0.2) is 0 Å². The highest BCUT2D eigenvalue weighted by Crippen LogP contribution is 2.03. The van der Waals surface area contributed by atoms with Crippen LogP contribution in [0.3, 0.4) is 0 Å². The molecule has 0 fully saturated rings. The maximum Gasteiger partial charge on any atom is 0.184 e. The van der Waals surface area contributed by atoms with Gasteiger partial charge in [-0.05, 0) is 18.6 Å². The zero-order valence-electron chi connectivity index (χ0n) is 8.19. The molecule has 0 atom stereocenters. The Kier molecular flexibility index (Phi) is 3.58. The van der Waals surface area contributed by atoms with Crippen molar-refractivity contribution in [3.8, 4) is 0 Å². The normalized spacial score (nSPS) is 10.7. The average Bonchev–Trinajstić information content (AvgIpc) is 2.45. The monoisotopic (exact) mass is 211 g/mol. The first kappa shape index (κ1) is 10.6. The molecule has 0 aliphatic carbocycles. The smallest absolute Gasteiger partial charge is 0.184 e. The zero-order chi connectivity index (χ0) is 10.6. The molecular weight excluding hydrogens is 198 g/mol. The van der Waals surface area contributed by atoms with E-state index in [0.717, 1.165) is 17.7 Å². The summed E-state index contributed by atoms with van der Waals surface area (Å²) in [6.07, 6.45) is 4.42. The van der Waals surface area contributed by atoms with Crippen LogP contribution >= 0.6 is 12.2 Å². The predicted molar refractivity (Wildman–Crippen MR) is 60.1 cm³/mol. The molecule has 0 bridgehead atoms. The summed E-state index contributed by atoms with van der Waals surface area (Å²) in [5, 5.41) is 8.28. The van der Waals surface area contributed by atoms with Crippen molar-refractivity contribution in [2.45, 2.75) is 13.3 Å². The number of nitrogens with zero attached hydrogens (tertiary/aromatic N) is 3. The molecule has 1 aromatic rings. The molecule has 76 valence electrons. The third kappa shape index (κ3) is 2.81. The second-order valence-corrected chi connectivity index (χ2v) is 3.23. The Morgan fingerprint density at radius 2 is 2.57 bits per heavy atom. The second-order valence-electron chi connectivity index (χ2n) is 2.79. The van der Waals surface area contributed by atoms with Crippen molar-refractivity contribution in [3.05, 3.63) is 17.5 Å². The van der Waals surface area contributed by atoms with Crippen LogP contribution in [0, 0.1) is 0 Å². The zero-order valence-corrected chi connectivity index (χ0v) is 9.01. The lowest BCUT2D eigenvalue weighted by Crippen LogP contribution is -2.24. The van der Waals surface area contributed by atoms with Crippen molar-refractivity contribution in [3.63, 3.8) is 0 Å². The molecule has 5 nitrogen and oxygen atoms in total. The molecule has 1 heterocycles. The molecule has 0 saturated carbocycles. The number of nitrogens with two attached hydrogens (primary N) is 1. The number of hydrogen-bond acceptors (Lipinski definition) is 3. The fourth-order valence-electron chi connectivity index (χ4n) is 1.10. The largest absolute Gasteiger partial charge is 0.375 e. The van der Waals surface area contributed by atoms with Gasteiger partial charge in [0.1, 0.15) is 0 Å².